The van der Waals surface area contributed by atoms with E-state index in [0.29, 0.717) is 11.9 Å². The van der Waals surface area contributed by atoms with Gasteiger partial charge < -0.3 is 24.8 Å². The molecule has 160 valence electrons. The molecule has 2 fully saturated rings. The highest BCUT2D eigenvalue weighted by atomic mass is 16.5. The molecule has 0 saturated carbocycles. The van der Waals surface area contributed by atoms with Crippen LogP contribution in [0.2, 0.25) is 0 Å². The molecule has 3 heterocycles. The number of amides is 1. The highest BCUT2D eigenvalue weighted by Gasteiger charge is 2.30. The SMILES string of the molecule is COc1ccc(Nc2ccnc(N3CCC(C(=O)N4CCN(C)CC4)CC3)n2)cc1. The van der Waals surface area contributed by atoms with Gasteiger partial charge in [0.1, 0.15) is 11.6 Å². The molecule has 8 nitrogen and oxygen atoms in total. The third kappa shape index (κ3) is 4.81. The summed E-state index contributed by atoms with van der Waals surface area (Å²) < 4.78 is 5.20. The molecule has 1 aromatic carbocycles. The number of likely N-dealkylation sites (N-methyl/N-ethyl adjacent to an activating group) is 1. The van der Waals surface area contributed by atoms with E-state index < -0.39 is 0 Å². The Labute approximate surface area is 177 Å². The van der Waals surface area contributed by atoms with Crippen molar-refractivity contribution >= 4 is 23.4 Å². The Morgan fingerprint density at radius 2 is 1.73 bits per heavy atom. The number of aromatic nitrogens is 2. The van der Waals surface area contributed by atoms with Gasteiger partial charge in [0.25, 0.3) is 0 Å². The van der Waals surface area contributed by atoms with Crippen LogP contribution in [-0.2, 0) is 4.79 Å². The van der Waals surface area contributed by atoms with Gasteiger partial charge in [0, 0.05) is 57.1 Å². The summed E-state index contributed by atoms with van der Waals surface area (Å²) in [7, 11) is 3.76. The first-order chi connectivity index (χ1) is 14.6. The largest absolute Gasteiger partial charge is 0.497 e. The van der Waals surface area contributed by atoms with E-state index in [-0.39, 0.29) is 5.92 Å². The van der Waals surface area contributed by atoms with Gasteiger partial charge in [0.2, 0.25) is 11.9 Å². The number of carbonyl (C=O) groups excluding carboxylic acids is 1. The number of benzene rings is 1. The molecule has 2 aliphatic heterocycles. The summed E-state index contributed by atoms with van der Waals surface area (Å²) in [6.45, 7) is 5.22. The molecule has 0 bridgehead atoms. The normalized spacial score (nSPS) is 18.3. The number of nitrogens with zero attached hydrogens (tertiary/aromatic N) is 5. The Bertz CT molecular complexity index is 843. The van der Waals surface area contributed by atoms with Gasteiger partial charge in [-0.05, 0) is 50.2 Å². The maximum Gasteiger partial charge on any atom is 0.227 e. The smallest absolute Gasteiger partial charge is 0.227 e. The van der Waals surface area contributed by atoms with Crippen molar-refractivity contribution in [1.82, 2.24) is 19.8 Å². The summed E-state index contributed by atoms with van der Waals surface area (Å²) in [5.41, 5.74) is 0.942. The van der Waals surface area contributed by atoms with Gasteiger partial charge in [0.05, 0.1) is 7.11 Å². The molecule has 0 spiro atoms. The molecule has 1 aromatic heterocycles. The summed E-state index contributed by atoms with van der Waals surface area (Å²) >= 11 is 0. The van der Waals surface area contributed by atoms with E-state index in [1.165, 1.54) is 0 Å². The highest BCUT2D eigenvalue weighted by Crippen LogP contribution is 2.25. The summed E-state index contributed by atoms with van der Waals surface area (Å²) in [6, 6.07) is 9.59. The average molecular weight is 411 g/mol. The van der Waals surface area contributed by atoms with Crippen LogP contribution in [0.1, 0.15) is 12.8 Å². The van der Waals surface area contributed by atoms with E-state index in [1.54, 1.807) is 13.3 Å². The van der Waals surface area contributed by atoms with Crippen molar-refractivity contribution in [2.45, 2.75) is 12.8 Å². The number of anilines is 3. The van der Waals surface area contributed by atoms with E-state index in [9.17, 15) is 4.79 Å². The maximum atomic E-state index is 12.8. The van der Waals surface area contributed by atoms with Crippen molar-refractivity contribution in [1.29, 1.82) is 0 Å². The molecular weight excluding hydrogens is 380 g/mol. The van der Waals surface area contributed by atoms with Crippen LogP contribution in [0.4, 0.5) is 17.5 Å². The van der Waals surface area contributed by atoms with Gasteiger partial charge in [-0.2, -0.15) is 4.98 Å². The zero-order valence-electron chi connectivity index (χ0n) is 17.8. The molecule has 1 amide bonds. The van der Waals surface area contributed by atoms with E-state index >= 15 is 0 Å². The molecule has 2 aliphatic rings. The molecule has 0 aliphatic carbocycles. The second-order valence-corrected chi connectivity index (χ2v) is 7.99. The fraction of sp³-hybridized carbons (Fsp3) is 0.500. The number of methoxy groups -OCH3 is 1. The summed E-state index contributed by atoms with van der Waals surface area (Å²) in [6.07, 6.45) is 3.48. The number of hydrogen-bond acceptors (Lipinski definition) is 7. The maximum absolute atomic E-state index is 12.8. The minimum Gasteiger partial charge on any atom is -0.497 e. The molecule has 0 unspecified atom stereocenters. The van der Waals surface area contributed by atoms with Crippen LogP contribution in [-0.4, -0.2) is 79.1 Å². The lowest BCUT2D eigenvalue weighted by Crippen LogP contribution is -2.50. The summed E-state index contributed by atoms with van der Waals surface area (Å²) in [5, 5.41) is 3.31. The zero-order valence-corrected chi connectivity index (χ0v) is 17.8. The number of piperidine rings is 1. The topological polar surface area (TPSA) is 73.8 Å². The Morgan fingerprint density at radius 1 is 1.03 bits per heavy atom. The molecule has 8 heteroatoms. The average Bonchev–Trinajstić information content (AvgIpc) is 2.80. The minimum atomic E-state index is 0.116. The molecule has 2 aromatic rings. The van der Waals surface area contributed by atoms with Crippen LogP contribution in [0.15, 0.2) is 36.5 Å². The second-order valence-electron chi connectivity index (χ2n) is 7.99. The predicted octanol–water partition coefficient (Wildman–Crippen LogP) is 2.22. The Kier molecular flexibility index (Phi) is 6.32. The second kappa shape index (κ2) is 9.30. The highest BCUT2D eigenvalue weighted by molar-refractivity contribution is 5.79. The predicted molar refractivity (Wildman–Crippen MR) is 117 cm³/mol. The van der Waals surface area contributed by atoms with Gasteiger partial charge in [-0.15, -0.1) is 0 Å². The Morgan fingerprint density at radius 3 is 2.40 bits per heavy atom. The Balaban J connectivity index is 1.33. The molecule has 0 atom stereocenters. The van der Waals surface area contributed by atoms with Crippen molar-refractivity contribution in [2.75, 3.05) is 63.6 Å². The molecule has 0 radical (unpaired) electrons. The van der Waals surface area contributed by atoms with Crippen molar-refractivity contribution < 1.29 is 9.53 Å². The van der Waals surface area contributed by atoms with Crippen LogP contribution in [0, 0.1) is 5.92 Å². The standard InChI is InChI=1S/C22H30N6O2/c1-26-13-15-27(16-14-26)21(29)17-8-11-28(12-9-17)22-23-10-7-20(25-22)24-18-3-5-19(30-2)6-4-18/h3-7,10,17H,8-9,11-16H2,1-2H3,(H,23,24,25). The summed E-state index contributed by atoms with van der Waals surface area (Å²) in [5.74, 6) is 2.71. The lowest BCUT2D eigenvalue weighted by atomic mass is 9.95. The number of rotatable bonds is 5. The zero-order chi connectivity index (χ0) is 20.9. The van der Waals surface area contributed by atoms with Crippen molar-refractivity contribution in [2.24, 2.45) is 5.92 Å². The van der Waals surface area contributed by atoms with Crippen LogP contribution < -0.4 is 15.0 Å². The van der Waals surface area contributed by atoms with Crippen LogP contribution in [0.25, 0.3) is 0 Å². The quantitative estimate of drug-likeness (QED) is 0.810. The van der Waals surface area contributed by atoms with Crippen LogP contribution >= 0.6 is 0 Å². The minimum absolute atomic E-state index is 0.116. The third-order valence-electron chi connectivity index (χ3n) is 5.95. The fourth-order valence-electron chi connectivity index (χ4n) is 4.00. The van der Waals surface area contributed by atoms with Crippen molar-refractivity contribution in [3.8, 4) is 5.75 Å². The number of ether oxygens (including phenoxy) is 1. The van der Waals surface area contributed by atoms with Crippen LogP contribution in [0.3, 0.4) is 0 Å². The van der Waals surface area contributed by atoms with E-state index in [2.05, 4.69) is 32.1 Å². The Hall–Kier alpha value is -2.87. The summed E-state index contributed by atoms with van der Waals surface area (Å²) in [4.78, 5) is 28.5. The van der Waals surface area contributed by atoms with Crippen LogP contribution in [0.5, 0.6) is 5.75 Å². The van der Waals surface area contributed by atoms with E-state index in [4.69, 9.17) is 4.74 Å². The molecular formula is C22H30N6O2. The number of carbonyl (C=O) groups is 1. The lowest BCUT2D eigenvalue weighted by molar-refractivity contribution is -0.137. The first-order valence-electron chi connectivity index (χ1n) is 10.6. The van der Waals surface area contributed by atoms with Crippen molar-refractivity contribution in [3.05, 3.63) is 36.5 Å². The van der Waals surface area contributed by atoms with E-state index in [1.807, 2.05) is 35.2 Å². The molecule has 30 heavy (non-hydrogen) atoms. The number of nitrogens with one attached hydrogen (secondary N) is 1. The molecule has 2 saturated heterocycles. The first-order valence-corrected chi connectivity index (χ1v) is 10.6. The van der Waals surface area contributed by atoms with E-state index in [0.717, 1.165) is 69.4 Å². The monoisotopic (exact) mass is 410 g/mol. The van der Waals surface area contributed by atoms with Gasteiger partial charge in [-0.25, -0.2) is 4.98 Å². The number of hydrogen-bond donors (Lipinski definition) is 1. The van der Waals surface area contributed by atoms with Crippen molar-refractivity contribution in [3.63, 3.8) is 0 Å². The lowest BCUT2D eigenvalue weighted by Gasteiger charge is -2.37. The number of piperazine rings is 1. The molecule has 1 N–H and O–H groups in total. The van der Waals surface area contributed by atoms with Gasteiger partial charge in [-0.1, -0.05) is 0 Å². The first kappa shape index (κ1) is 20.4. The van der Waals surface area contributed by atoms with Gasteiger partial charge >= 0.3 is 0 Å². The third-order valence-corrected chi connectivity index (χ3v) is 5.95. The van der Waals surface area contributed by atoms with Gasteiger partial charge in [-0.3, -0.25) is 4.79 Å². The molecule has 4 rings (SSSR count). The van der Waals surface area contributed by atoms with Gasteiger partial charge in [0.15, 0.2) is 0 Å². The fourth-order valence-corrected chi connectivity index (χ4v) is 4.00.